The van der Waals surface area contributed by atoms with E-state index in [0.717, 1.165) is 11.3 Å². The van der Waals surface area contributed by atoms with E-state index in [2.05, 4.69) is 17.5 Å². The number of aromatic nitrogens is 2. The number of rotatable bonds is 10. The van der Waals surface area contributed by atoms with E-state index in [1.165, 1.54) is 2.78 Å². The van der Waals surface area contributed by atoms with Crippen molar-refractivity contribution in [1.82, 2.24) is 7.76 Å². The number of carbonyl (C=O) groups is 1. The number of esters is 1. The van der Waals surface area contributed by atoms with E-state index in [0.29, 0.717) is 12.4 Å². The van der Waals surface area contributed by atoms with E-state index in [4.69, 9.17) is 14.2 Å². The number of hydrogen-bond acceptors (Lipinski definition) is 6. The van der Waals surface area contributed by atoms with Crippen molar-refractivity contribution < 1.29 is 19.0 Å². The summed E-state index contributed by atoms with van der Waals surface area (Å²) in [6, 6.07) is 9.38. The van der Waals surface area contributed by atoms with Gasteiger partial charge < -0.3 is 14.2 Å². The molecule has 152 valence electrons. The summed E-state index contributed by atoms with van der Waals surface area (Å²) in [6.45, 7) is 2.70. The lowest BCUT2D eigenvalue weighted by Gasteiger charge is -2.13. The minimum absolute atomic E-state index is 0.121. The molecule has 0 aliphatic carbocycles. The Bertz CT molecular complexity index is 842. The molecule has 0 atom stereocenters. The smallest absolute Gasteiger partial charge is 0.361 e. The van der Waals surface area contributed by atoms with Gasteiger partial charge in [0.2, 0.25) is 5.75 Å². The third-order valence-electron chi connectivity index (χ3n) is 3.62. The van der Waals surface area contributed by atoms with Crippen LogP contribution in [0.3, 0.4) is 0 Å². The number of hydrogen-bond donors (Lipinski definition) is 0. The van der Waals surface area contributed by atoms with Crippen molar-refractivity contribution in [3.05, 3.63) is 57.8 Å². The first-order valence-electron chi connectivity index (χ1n) is 8.71. The van der Waals surface area contributed by atoms with E-state index >= 15 is 0 Å². The largest absolute Gasteiger partial charge is 0.481 e. The van der Waals surface area contributed by atoms with Gasteiger partial charge in [0, 0.05) is 0 Å². The van der Waals surface area contributed by atoms with Gasteiger partial charge in [-0.1, -0.05) is 30.3 Å². The highest BCUT2D eigenvalue weighted by atomic mass is 127. The first kappa shape index (κ1) is 22.7. The molecule has 0 aliphatic rings. The van der Waals surface area contributed by atoms with Crippen molar-refractivity contribution >= 4 is 39.7 Å². The van der Waals surface area contributed by atoms with Crippen molar-refractivity contribution in [3.63, 3.8) is 0 Å². The Hall–Kier alpha value is -1.59. The molecule has 7 nitrogen and oxygen atoms in total. The summed E-state index contributed by atoms with van der Waals surface area (Å²) in [5.74, 6) is 0.454. The molecule has 0 bridgehead atoms. The lowest BCUT2D eigenvalue weighted by atomic mass is 10.2. The molecule has 9 heteroatoms. The minimum Gasteiger partial charge on any atom is -0.481 e. The molecule has 0 fully saturated rings. The predicted octanol–water partition coefficient (Wildman–Crippen LogP) is 2.59. The van der Waals surface area contributed by atoms with Gasteiger partial charge in [0.25, 0.3) is 0 Å². The highest BCUT2D eigenvalue weighted by Crippen LogP contribution is 2.17. The molecule has 1 aromatic heterocycles. The van der Waals surface area contributed by atoms with E-state index in [1.54, 1.807) is 6.92 Å². The van der Waals surface area contributed by atoms with Crippen LogP contribution in [-0.4, -0.2) is 45.2 Å². The van der Waals surface area contributed by atoms with Gasteiger partial charge in [0.1, 0.15) is 24.8 Å². The van der Waals surface area contributed by atoms with Gasteiger partial charge in [0.15, 0.2) is 5.69 Å². The first-order valence-corrected chi connectivity index (χ1v) is 11.9. The molecule has 0 unspecified atom stereocenters. The number of nitrogens with zero attached hydrogens (tertiary/aromatic N) is 2. The van der Waals surface area contributed by atoms with Gasteiger partial charge in [-0.05, 0) is 23.4 Å². The zero-order valence-electron chi connectivity index (χ0n) is 16.1. The van der Waals surface area contributed by atoms with Crippen LogP contribution in [0.1, 0.15) is 28.8 Å². The summed E-state index contributed by atoms with van der Waals surface area (Å²) in [5, 5.41) is 0. The Labute approximate surface area is 181 Å². The second-order valence-electron chi connectivity index (χ2n) is 6.03. The topological polar surface area (TPSA) is 79.7 Å². The maximum atomic E-state index is 12.8. The predicted molar refractivity (Wildman–Crippen MR) is 118 cm³/mol. The van der Waals surface area contributed by atoms with Crippen LogP contribution in [0.5, 0.6) is 5.75 Å². The first-order chi connectivity index (χ1) is 13.4. The Balaban J connectivity index is 2.27. The fourth-order valence-electron chi connectivity index (χ4n) is 2.21. The highest BCUT2D eigenvalue weighted by Gasteiger charge is 2.24. The number of benzene rings is 1. The van der Waals surface area contributed by atoms with Gasteiger partial charge in [0.05, 0.1) is 48.6 Å². The third kappa shape index (κ3) is 6.49. The van der Waals surface area contributed by atoms with Gasteiger partial charge in [-0.25, -0.2) is 12.6 Å². The monoisotopic (exact) mass is 519 g/mol. The molecule has 0 saturated carbocycles. The van der Waals surface area contributed by atoms with Gasteiger partial charge in [-0.2, -0.15) is 0 Å². The zero-order valence-corrected chi connectivity index (χ0v) is 19.1. The second-order valence-corrected chi connectivity index (χ2v) is 9.37. The molecular formula is C19H24IN2O5S+. The van der Waals surface area contributed by atoms with Crippen LogP contribution in [0, 0.1) is 0 Å². The van der Waals surface area contributed by atoms with Crippen LogP contribution in [0.4, 0.5) is 0 Å². The van der Waals surface area contributed by atoms with Crippen molar-refractivity contribution in [1.29, 1.82) is 0 Å². The van der Waals surface area contributed by atoms with Crippen molar-refractivity contribution in [2.24, 2.45) is 0 Å². The number of halogens is 1. The molecule has 0 spiro atoms. The molecule has 0 aliphatic heterocycles. The fourth-order valence-corrected chi connectivity index (χ4v) is 3.12. The van der Waals surface area contributed by atoms with Crippen LogP contribution < -0.4 is 10.3 Å². The molecular weight excluding hydrogens is 495 g/mol. The van der Waals surface area contributed by atoms with Crippen LogP contribution in [0.15, 0.2) is 35.1 Å². The Kier molecular flexibility index (Phi) is 9.26. The van der Waals surface area contributed by atoms with Crippen LogP contribution in [0.2, 0.25) is 0 Å². The molecule has 28 heavy (non-hydrogen) atoms. The summed E-state index contributed by atoms with van der Waals surface area (Å²) in [6.07, 6.45) is 4.27. The fraction of sp³-hybridized carbons (Fsp3) is 0.421. The summed E-state index contributed by atoms with van der Waals surface area (Å²) >= 11 is 1.84. The maximum Gasteiger partial charge on any atom is 0.361 e. The molecule has 1 aromatic carbocycles. The molecule has 2 rings (SSSR count). The standard InChI is InChI=1S/C19H24IN2O5S/c1-4-26-19(24)16-17(27-12-14-8-6-5-7-9-14)18(23)22(20)15(21-16)13-25-10-11-28(2)3/h5-9H,4,10-13H2,1-3H3/q+1. The Morgan fingerprint density at radius 2 is 1.93 bits per heavy atom. The summed E-state index contributed by atoms with van der Waals surface area (Å²) in [5.41, 5.74) is 0.289. The zero-order chi connectivity index (χ0) is 20.5. The van der Waals surface area contributed by atoms with E-state index in [9.17, 15) is 9.59 Å². The van der Waals surface area contributed by atoms with Gasteiger partial charge >= 0.3 is 11.5 Å². The van der Waals surface area contributed by atoms with Crippen molar-refractivity contribution in [2.45, 2.75) is 20.1 Å². The average molecular weight is 519 g/mol. The lowest BCUT2D eigenvalue weighted by Crippen LogP contribution is -2.26. The Morgan fingerprint density at radius 1 is 1.21 bits per heavy atom. The van der Waals surface area contributed by atoms with Crippen LogP contribution in [0.25, 0.3) is 0 Å². The maximum absolute atomic E-state index is 12.8. The summed E-state index contributed by atoms with van der Waals surface area (Å²) < 4.78 is 17.7. The molecule has 0 saturated heterocycles. The summed E-state index contributed by atoms with van der Waals surface area (Å²) in [7, 11) is 0.268. The molecule has 0 radical (unpaired) electrons. The van der Waals surface area contributed by atoms with E-state index < -0.39 is 11.5 Å². The van der Waals surface area contributed by atoms with Crippen LogP contribution in [-0.2, 0) is 33.6 Å². The van der Waals surface area contributed by atoms with Gasteiger partial charge in [-0.3, -0.25) is 4.79 Å². The second kappa shape index (κ2) is 11.4. The minimum atomic E-state index is -0.690. The lowest BCUT2D eigenvalue weighted by molar-refractivity contribution is 0.0511. The summed E-state index contributed by atoms with van der Waals surface area (Å²) in [4.78, 5) is 29.5. The average Bonchev–Trinajstić information content (AvgIpc) is 2.68. The van der Waals surface area contributed by atoms with Crippen LogP contribution >= 0.6 is 22.9 Å². The highest BCUT2D eigenvalue weighted by molar-refractivity contribution is 14.1. The molecule has 2 aromatic rings. The molecule has 0 amide bonds. The Morgan fingerprint density at radius 3 is 2.57 bits per heavy atom. The third-order valence-corrected chi connectivity index (χ3v) is 5.60. The number of ether oxygens (including phenoxy) is 3. The number of carbonyl (C=O) groups excluding carboxylic acids is 1. The van der Waals surface area contributed by atoms with E-state index in [1.807, 2.05) is 53.2 Å². The van der Waals surface area contributed by atoms with Gasteiger partial charge in [-0.15, -0.1) is 0 Å². The molecule has 1 heterocycles. The normalized spacial score (nSPS) is 10.9. The quantitative estimate of drug-likeness (QED) is 0.208. The van der Waals surface area contributed by atoms with E-state index in [-0.39, 0.29) is 42.2 Å². The van der Waals surface area contributed by atoms with Crippen molar-refractivity contribution in [2.75, 3.05) is 31.5 Å². The van der Waals surface area contributed by atoms with Crippen molar-refractivity contribution in [3.8, 4) is 5.75 Å². The molecule has 0 N–H and O–H groups in total. The SMILES string of the molecule is CCOC(=O)c1nc(COCC[S+](C)C)n(I)c(=O)c1OCc1ccccc1.